The van der Waals surface area contributed by atoms with Crippen molar-refractivity contribution >= 4 is 5.97 Å². The largest absolute Gasteiger partial charge is 0.480 e. The molecule has 1 aromatic rings. The summed E-state index contributed by atoms with van der Waals surface area (Å²) in [5, 5.41) is 9.15. The number of aromatic amines is 1. The van der Waals surface area contributed by atoms with Crippen molar-refractivity contribution in [3.05, 3.63) is 24.0 Å². The highest BCUT2D eigenvalue weighted by Crippen LogP contribution is 2.24. The predicted octanol–water partition coefficient (Wildman–Crippen LogP) is 1.24. The van der Waals surface area contributed by atoms with Gasteiger partial charge in [-0.25, -0.2) is 0 Å². The van der Waals surface area contributed by atoms with Gasteiger partial charge < -0.3 is 10.1 Å². The number of H-pyrrole nitrogens is 1. The third kappa shape index (κ3) is 1.65. The van der Waals surface area contributed by atoms with Crippen molar-refractivity contribution < 1.29 is 9.90 Å². The van der Waals surface area contributed by atoms with Crippen molar-refractivity contribution in [3.63, 3.8) is 0 Å². The normalized spacial score (nSPS) is 19.7. The Bertz CT molecular complexity index is 302. The molecule has 1 aromatic heterocycles. The molecule has 2 N–H and O–H groups in total. The minimum atomic E-state index is -0.758. The van der Waals surface area contributed by atoms with E-state index in [1.54, 1.807) is 12.4 Å². The van der Waals surface area contributed by atoms with Gasteiger partial charge in [0.05, 0.1) is 0 Å². The van der Waals surface area contributed by atoms with E-state index in [1.165, 1.54) is 0 Å². The van der Waals surface area contributed by atoms with Gasteiger partial charge in [-0.3, -0.25) is 9.69 Å². The molecular weight excluding hydrogens is 180 g/mol. The van der Waals surface area contributed by atoms with Crippen LogP contribution in [0.15, 0.2) is 18.5 Å². The predicted molar refractivity (Wildman–Crippen MR) is 52.0 cm³/mol. The Morgan fingerprint density at radius 2 is 2.21 bits per heavy atom. The van der Waals surface area contributed by atoms with E-state index < -0.39 is 12.0 Å². The average Bonchev–Trinajstić information content (AvgIpc) is 2.75. The lowest BCUT2D eigenvalue weighted by atomic mass is 10.1. The van der Waals surface area contributed by atoms with Gasteiger partial charge in [-0.05, 0) is 37.6 Å². The van der Waals surface area contributed by atoms with Gasteiger partial charge in [0.2, 0.25) is 0 Å². The van der Waals surface area contributed by atoms with Crippen LogP contribution in [0.4, 0.5) is 0 Å². The molecule has 0 spiro atoms. The Kier molecular flexibility index (Phi) is 2.54. The molecule has 2 heterocycles. The molecule has 0 bridgehead atoms. The molecule has 1 aliphatic rings. The lowest BCUT2D eigenvalue weighted by Gasteiger charge is -2.22. The maximum atomic E-state index is 11.1. The Hall–Kier alpha value is -1.29. The molecule has 0 saturated carbocycles. The second kappa shape index (κ2) is 3.84. The maximum Gasteiger partial charge on any atom is 0.325 e. The van der Waals surface area contributed by atoms with Gasteiger partial charge in [-0.15, -0.1) is 0 Å². The quantitative estimate of drug-likeness (QED) is 0.761. The highest BCUT2D eigenvalue weighted by Gasteiger charge is 2.29. The lowest BCUT2D eigenvalue weighted by molar-refractivity contribution is -0.143. The number of carboxylic acid groups (broad SMARTS) is 1. The van der Waals surface area contributed by atoms with Gasteiger partial charge in [-0.1, -0.05) is 0 Å². The molecule has 2 rings (SSSR count). The van der Waals surface area contributed by atoms with Crippen LogP contribution in [0.25, 0.3) is 0 Å². The van der Waals surface area contributed by atoms with Gasteiger partial charge in [0.15, 0.2) is 0 Å². The van der Waals surface area contributed by atoms with Crippen LogP contribution in [0.3, 0.4) is 0 Å². The molecular formula is C10H14N2O2. The van der Waals surface area contributed by atoms with Gasteiger partial charge in [-0.2, -0.15) is 0 Å². The standard InChI is InChI=1S/C10H14N2O2/c13-10(14)9(8-3-4-11-7-8)12-5-1-2-6-12/h3-4,7,9,11H,1-2,5-6H2,(H,13,14). The second-order valence-electron chi connectivity index (χ2n) is 3.63. The molecule has 0 radical (unpaired) electrons. The molecule has 1 atom stereocenters. The molecule has 0 aromatic carbocycles. The van der Waals surface area contributed by atoms with Crippen molar-refractivity contribution in [2.75, 3.05) is 13.1 Å². The molecule has 0 amide bonds. The van der Waals surface area contributed by atoms with Crippen LogP contribution in [0, 0.1) is 0 Å². The van der Waals surface area contributed by atoms with Crippen LogP contribution in [-0.4, -0.2) is 34.0 Å². The number of hydrogen-bond acceptors (Lipinski definition) is 2. The number of aliphatic carboxylic acids is 1. The van der Waals surface area contributed by atoms with Crippen LogP contribution < -0.4 is 0 Å². The third-order valence-electron chi connectivity index (χ3n) is 2.68. The fraction of sp³-hybridized carbons (Fsp3) is 0.500. The van der Waals surface area contributed by atoms with Crippen molar-refractivity contribution in [2.24, 2.45) is 0 Å². The summed E-state index contributed by atoms with van der Waals surface area (Å²) in [6.45, 7) is 1.78. The topological polar surface area (TPSA) is 56.3 Å². The van der Waals surface area contributed by atoms with E-state index >= 15 is 0 Å². The number of nitrogens with one attached hydrogen (secondary N) is 1. The molecule has 1 saturated heterocycles. The van der Waals surface area contributed by atoms with E-state index in [1.807, 2.05) is 11.0 Å². The number of carbonyl (C=O) groups is 1. The number of nitrogens with zero attached hydrogens (tertiary/aromatic N) is 1. The summed E-state index contributed by atoms with van der Waals surface area (Å²) in [4.78, 5) is 16.0. The second-order valence-corrected chi connectivity index (χ2v) is 3.63. The summed E-state index contributed by atoms with van der Waals surface area (Å²) in [5.74, 6) is -0.758. The number of rotatable bonds is 3. The molecule has 76 valence electrons. The van der Waals surface area contributed by atoms with Gasteiger partial charge in [0.1, 0.15) is 6.04 Å². The van der Waals surface area contributed by atoms with E-state index in [0.717, 1.165) is 31.5 Å². The van der Waals surface area contributed by atoms with Crippen molar-refractivity contribution in [2.45, 2.75) is 18.9 Å². The summed E-state index contributed by atoms with van der Waals surface area (Å²) >= 11 is 0. The van der Waals surface area contributed by atoms with Crippen LogP contribution >= 0.6 is 0 Å². The first-order valence-electron chi connectivity index (χ1n) is 4.88. The van der Waals surface area contributed by atoms with Gasteiger partial charge >= 0.3 is 5.97 Å². The van der Waals surface area contributed by atoms with Crippen molar-refractivity contribution in [1.29, 1.82) is 0 Å². The minimum Gasteiger partial charge on any atom is -0.480 e. The fourth-order valence-corrected chi connectivity index (χ4v) is 2.02. The van der Waals surface area contributed by atoms with E-state index in [0.29, 0.717) is 0 Å². The Labute approximate surface area is 82.5 Å². The molecule has 0 aliphatic carbocycles. The van der Waals surface area contributed by atoms with Crippen molar-refractivity contribution in [1.82, 2.24) is 9.88 Å². The zero-order valence-electron chi connectivity index (χ0n) is 7.94. The number of likely N-dealkylation sites (tertiary alicyclic amines) is 1. The summed E-state index contributed by atoms with van der Waals surface area (Å²) in [6.07, 6.45) is 5.74. The van der Waals surface area contributed by atoms with Gasteiger partial charge in [0, 0.05) is 12.4 Å². The van der Waals surface area contributed by atoms with Crippen LogP contribution in [0.5, 0.6) is 0 Å². The van der Waals surface area contributed by atoms with E-state index in [9.17, 15) is 4.79 Å². The molecule has 4 heteroatoms. The number of carboxylic acids is 1. The van der Waals surface area contributed by atoms with E-state index in [4.69, 9.17) is 5.11 Å². The smallest absolute Gasteiger partial charge is 0.325 e. The molecule has 1 aliphatic heterocycles. The summed E-state index contributed by atoms with van der Waals surface area (Å²) in [6, 6.07) is 1.36. The Morgan fingerprint density at radius 1 is 1.50 bits per heavy atom. The SMILES string of the molecule is O=C(O)C(c1cc[nH]c1)N1CCCC1. The maximum absolute atomic E-state index is 11.1. The highest BCUT2D eigenvalue weighted by molar-refractivity contribution is 5.75. The zero-order chi connectivity index (χ0) is 9.97. The Morgan fingerprint density at radius 3 is 2.71 bits per heavy atom. The monoisotopic (exact) mass is 194 g/mol. The first-order chi connectivity index (χ1) is 6.79. The highest BCUT2D eigenvalue weighted by atomic mass is 16.4. The van der Waals surface area contributed by atoms with Crippen LogP contribution in [-0.2, 0) is 4.79 Å². The molecule has 1 unspecified atom stereocenters. The molecule has 1 fully saturated rings. The summed E-state index contributed by atoms with van der Waals surface area (Å²) < 4.78 is 0. The van der Waals surface area contributed by atoms with Crippen LogP contribution in [0.1, 0.15) is 24.4 Å². The van der Waals surface area contributed by atoms with E-state index in [2.05, 4.69) is 4.98 Å². The number of hydrogen-bond donors (Lipinski definition) is 2. The Balaban J connectivity index is 2.19. The minimum absolute atomic E-state index is 0.469. The lowest BCUT2D eigenvalue weighted by Crippen LogP contribution is -2.31. The third-order valence-corrected chi connectivity index (χ3v) is 2.68. The first-order valence-corrected chi connectivity index (χ1v) is 4.88. The first kappa shape index (κ1) is 9.27. The molecule has 14 heavy (non-hydrogen) atoms. The summed E-state index contributed by atoms with van der Waals surface area (Å²) in [7, 11) is 0. The van der Waals surface area contributed by atoms with Crippen molar-refractivity contribution in [3.8, 4) is 0 Å². The fourth-order valence-electron chi connectivity index (χ4n) is 2.02. The van der Waals surface area contributed by atoms with Crippen LogP contribution in [0.2, 0.25) is 0 Å². The van der Waals surface area contributed by atoms with Gasteiger partial charge in [0.25, 0.3) is 0 Å². The number of aromatic nitrogens is 1. The average molecular weight is 194 g/mol. The zero-order valence-corrected chi connectivity index (χ0v) is 7.94. The summed E-state index contributed by atoms with van der Waals surface area (Å²) in [5.41, 5.74) is 0.847. The van der Waals surface area contributed by atoms with E-state index in [-0.39, 0.29) is 0 Å². The molecule has 4 nitrogen and oxygen atoms in total.